The maximum atomic E-state index is 9.89. The molecule has 0 aliphatic heterocycles. The highest BCUT2D eigenvalue weighted by molar-refractivity contribution is 5.68. The molecule has 0 amide bonds. The molecule has 6 heteroatoms. The fraction of sp³-hybridized carbons (Fsp3) is 0.333. The molecule has 6 nitrogen and oxygen atoms in total. The van der Waals surface area contributed by atoms with Gasteiger partial charge >= 0.3 is 0 Å². The molecule has 0 aliphatic rings. The van der Waals surface area contributed by atoms with Crippen LogP contribution in [0.5, 0.6) is 11.5 Å². The lowest BCUT2D eigenvalue weighted by Gasteiger charge is -2.11. The summed E-state index contributed by atoms with van der Waals surface area (Å²) < 4.78 is 10.1. The lowest BCUT2D eigenvalue weighted by atomic mass is 10.0. The summed E-state index contributed by atoms with van der Waals surface area (Å²) in [7, 11) is 1.50. The molecular formula is C12H15N3O3. The van der Waals surface area contributed by atoms with Gasteiger partial charge < -0.3 is 20.1 Å². The number of hydrogen-bond acceptors (Lipinski definition) is 6. The highest BCUT2D eigenvalue weighted by Crippen LogP contribution is 2.37. The zero-order valence-electron chi connectivity index (χ0n) is 10.5. The monoisotopic (exact) mass is 249 g/mol. The first-order valence-electron chi connectivity index (χ1n) is 5.48. The second kappa shape index (κ2) is 4.66. The Bertz CT molecular complexity index is 578. The Labute approximate surface area is 104 Å². The number of nitrogens with two attached hydrogens (primary N) is 1. The number of benzene rings is 1. The maximum absolute atomic E-state index is 9.89. The van der Waals surface area contributed by atoms with Gasteiger partial charge in [-0.15, -0.1) is 0 Å². The topological polar surface area (TPSA) is 94.4 Å². The molecule has 1 aromatic heterocycles. The minimum absolute atomic E-state index is 0.126. The molecule has 96 valence electrons. The molecule has 2 aromatic rings. The Balaban J connectivity index is 2.60. The van der Waals surface area contributed by atoms with E-state index in [1.807, 2.05) is 6.92 Å². The van der Waals surface area contributed by atoms with Crippen LogP contribution in [0.3, 0.4) is 0 Å². The average Bonchev–Trinajstić information content (AvgIpc) is 2.85. The van der Waals surface area contributed by atoms with Gasteiger partial charge in [-0.2, -0.15) is 4.98 Å². The number of methoxy groups -OCH3 is 1. The van der Waals surface area contributed by atoms with Crippen molar-refractivity contribution in [2.45, 2.75) is 20.4 Å². The standard InChI is InChI=1S/C12H15N3O3/c1-6-7(2)11(16)9(17-3)4-8(6)12-14-10(5-13)18-15-12/h4,16H,5,13H2,1-3H3. The Hall–Kier alpha value is -2.08. The van der Waals surface area contributed by atoms with Crippen LogP contribution in [0.25, 0.3) is 11.4 Å². The van der Waals surface area contributed by atoms with Crippen molar-refractivity contribution in [2.24, 2.45) is 5.73 Å². The van der Waals surface area contributed by atoms with Crippen LogP contribution in [-0.2, 0) is 6.54 Å². The van der Waals surface area contributed by atoms with Crippen molar-refractivity contribution in [1.82, 2.24) is 10.1 Å². The van der Waals surface area contributed by atoms with E-state index in [4.69, 9.17) is 15.0 Å². The summed E-state index contributed by atoms with van der Waals surface area (Å²) in [5, 5.41) is 13.8. The molecule has 0 aliphatic carbocycles. The summed E-state index contributed by atoms with van der Waals surface area (Å²) in [6.45, 7) is 3.88. The van der Waals surface area contributed by atoms with E-state index in [1.165, 1.54) is 7.11 Å². The Morgan fingerprint density at radius 1 is 1.39 bits per heavy atom. The summed E-state index contributed by atoms with van der Waals surface area (Å²) in [5.74, 6) is 1.32. The van der Waals surface area contributed by atoms with E-state index >= 15 is 0 Å². The number of rotatable bonds is 3. The van der Waals surface area contributed by atoms with Crippen molar-refractivity contribution < 1.29 is 14.4 Å². The van der Waals surface area contributed by atoms with Gasteiger partial charge in [-0.3, -0.25) is 0 Å². The maximum Gasteiger partial charge on any atom is 0.240 e. The van der Waals surface area contributed by atoms with Crippen LogP contribution in [0.15, 0.2) is 10.6 Å². The van der Waals surface area contributed by atoms with E-state index in [9.17, 15) is 5.11 Å². The predicted molar refractivity (Wildman–Crippen MR) is 65.3 cm³/mol. The predicted octanol–water partition coefficient (Wildman–Crippen LogP) is 1.53. The van der Waals surface area contributed by atoms with Crippen LogP contribution in [0, 0.1) is 13.8 Å². The largest absolute Gasteiger partial charge is 0.504 e. The summed E-state index contributed by atoms with van der Waals surface area (Å²) in [6.07, 6.45) is 0. The van der Waals surface area contributed by atoms with Gasteiger partial charge in [-0.25, -0.2) is 0 Å². The third kappa shape index (κ3) is 1.91. The number of ether oxygens (including phenoxy) is 1. The third-order valence-electron chi connectivity index (χ3n) is 2.93. The number of hydrogen-bond donors (Lipinski definition) is 2. The van der Waals surface area contributed by atoms with E-state index in [1.54, 1.807) is 13.0 Å². The van der Waals surface area contributed by atoms with Crippen LogP contribution in [0.2, 0.25) is 0 Å². The second-order valence-corrected chi connectivity index (χ2v) is 3.94. The summed E-state index contributed by atoms with van der Waals surface area (Å²) in [5.41, 5.74) is 7.78. The number of aromatic hydroxyl groups is 1. The first kappa shape index (κ1) is 12.4. The van der Waals surface area contributed by atoms with Gasteiger partial charge in [0.1, 0.15) is 0 Å². The van der Waals surface area contributed by atoms with Crippen LogP contribution >= 0.6 is 0 Å². The molecular weight excluding hydrogens is 234 g/mol. The van der Waals surface area contributed by atoms with Gasteiger partial charge in [-0.05, 0) is 31.0 Å². The minimum Gasteiger partial charge on any atom is -0.504 e. The van der Waals surface area contributed by atoms with E-state index < -0.39 is 0 Å². The lowest BCUT2D eigenvalue weighted by molar-refractivity contribution is 0.371. The van der Waals surface area contributed by atoms with E-state index in [2.05, 4.69) is 10.1 Å². The molecule has 0 bridgehead atoms. The van der Waals surface area contributed by atoms with Crippen molar-refractivity contribution >= 4 is 0 Å². The Morgan fingerprint density at radius 3 is 2.67 bits per heavy atom. The summed E-state index contributed by atoms with van der Waals surface area (Å²) >= 11 is 0. The summed E-state index contributed by atoms with van der Waals surface area (Å²) in [6, 6.07) is 1.68. The van der Waals surface area contributed by atoms with Crippen molar-refractivity contribution in [2.75, 3.05) is 7.11 Å². The third-order valence-corrected chi connectivity index (χ3v) is 2.93. The van der Waals surface area contributed by atoms with Crippen molar-refractivity contribution in [3.8, 4) is 22.9 Å². The molecule has 0 unspecified atom stereocenters. The van der Waals surface area contributed by atoms with Crippen molar-refractivity contribution in [1.29, 1.82) is 0 Å². The first-order chi connectivity index (χ1) is 8.58. The fourth-order valence-electron chi connectivity index (χ4n) is 1.71. The molecule has 0 saturated heterocycles. The zero-order chi connectivity index (χ0) is 13.3. The van der Waals surface area contributed by atoms with Crippen LogP contribution in [0.4, 0.5) is 0 Å². The van der Waals surface area contributed by atoms with E-state index in [-0.39, 0.29) is 12.3 Å². The summed E-state index contributed by atoms with van der Waals surface area (Å²) in [4.78, 5) is 4.17. The highest BCUT2D eigenvalue weighted by atomic mass is 16.5. The quantitative estimate of drug-likeness (QED) is 0.856. The number of aromatic nitrogens is 2. The van der Waals surface area contributed by atoms with Gasteiger partial charge in [0.15, 0.2) is 11.5 Å². The molecule has 3 N–H and O–H groups in total. The molecule has 2 rings (SSSR count). The van der Waals surface area contributed by atoms with Gasteiger partial charge in [0, 0.05) is 5.56 Å². The molecule has 0 atom stereocenters. The lowest BCUT2D eigenvalue weighted by Crippen LogP contribution is -1.97. The highest BCUT2D eigenvalue weighted by Gasteiger charge is 2.17. The van der Waals surface area contributed by atoms with Crippen LogP contribution in [0.1, 0.15) is 17.0 Å². The fourth-order valence-corrected chi connectivity index (χ4v) is 1.71. The van der Waals surface area contributed by atoms with Crippen LogP contribution < -0.4 is 10.5 Å². The Morgan fingerprint density at radius 2 is 2.11 bits per heavy atom. The van der Waals surface area contributed by atoms with Gasteiger partial charge in [0.2, 0.25) is 11.7 Å². The van der Waals surface area contributed by atoms with E-state index in [0.29, 0.717) is 17.5 Å². The smallest absolute Gasteiger partial charge is 0.240 e. The Kier molecular flexibility index (Phi) is 3.20. The molecule has 0 fully saturated rings. The SMILES string of the molecule is COc1cc(-c2noc(CN)n2)c(C)c(C)c1O. The van der Waals surface area contributed by atoms with E-state index in [0.717, 1.165) is 16.7 Å². The average molecular weight is 249 g/mol. The number of nitrogens with zero attached hydrogens (tertiary/aromatic N) is 2. The van der Waals surface area contributed by atoms with Gasteiger partial charge in [0.05, 0.1) is 13.7 Å². The molecule has 1 heterocycles. The minimum atomic E-state index is 0.126. The molecule has 1 aromatic carbocycles. The zero-order valence-corrected chi connectivity index (χ0v) is 10.5. The molecule has 0 spiro atoms. The first-order valence-corrected chi connectivity index (χ1v) is 5.48. The second-order valence-electron chi connectivity index (χ2n) is 3.94. The number of phenolic OH excluding ortho intramolecular Hbond substituents is 1. The van der Waals surface area contributed by atoms with Crippen LogP contribution in [-0.4, -0.2) is 22.4 Å². The van der Waals surface area contributed by atoms with Crippen molar-refractivity contribution in [3.63, 3.8) is 0 Å². The molecule has 0 saturated carbocycles. The van der Waals surface area contributed by atoms with Gasteiger partial charge in [-0.1, -0.05) is 5.16 Å². The molecule has 18 heavy (non-hydrogen) atoms. The number of phenols is 1. The normalized spacial score (nSPS) is 10.7. The van der Waals surface area contributed by atoms with Gasteiger partial charge in [0.25, 0.3) is 0 Å². The van der Waals surface area contributed by atoms with Crippen molar-refractivity contribution in [3.05, 3.63) is 23.1 Å². The molecule has 0 radical (unpaired) electrons.